The Kier molecular flexibility index (Phi) is 5.82. The zero-order valence-corrected chi connectivity index (χ0v) is 11.8. The zero-order valence-electron chi connectivity index (χ0n) is 11.1. The van der Waals surface area contributed by atoms with Crippen LogP contribution in [-0.4, -0.2) is 54.0 Å². The molecule has 0 bridgehead atoms. The predicted molar refractivity (Wildman–Crippen MR) is 71.3 cm³/mol. The summed E-state index contributed by atoms with van der Waals surface area (Å²) in [5, 5.41) is 0.522. The van der Waals surface area contributed by atoms with Crippen molar-refractivity contribution >= 4 is 11.6 Å². The minimum atomic E-state index is 0.522. The summed E-state index contributed by atoms with van der Waals surface area (Å²) in [6.07, 6.45) is 1.14. The minimum absolute atomic E-state index is 0.522. The van der Waals surface area contributed by atoms with Gasteiger partial charge in [0.1, 0.15) is 11.0 Å². The van der Waals surface area contributed by atoms with E-state index in [1.165, 1.54) is 0 Å². The molecule has 0 saturated heterocycles. The highest BCUT2D eigenvalue weighted by Gasteiger charge is 2.05. The van der Waals surface area contributed by atoms with Crippen molar-refractivity contribution < 1.29 is 0 Å². The molecule has 0 saturated carbocycles. The number of aromatic nitrogens is 2. The van der Waals surface area contributed by atoms with E-state index in [9.17, 15) is 0 Å². The monoisotopic (exact) mass is 256 g/mol. The second-order valence-corrected chi connectivity index (χ2v) is 5.03. The highest BCUT2D eigenvalue weighted by Crippen LogP contribution is 2.07. The van der Waals surface area contributed by atoms with Gasteiger partial charge in [-0.2, -0.15) is 0 Å². The third-order valence-electron chi connectivity index (χ3n) is 2.43. The van der Waals surface area contributed by atoms with Crippen molar-refractivity contribution in [1.29, 1.82) is 0 Å². The van der Waals surface area contributed by atoms with Crippen molar-refractivity contribution in [2.24, 2.45) is 0 Å². The number of halogens is 1. The first kappa shape index (κ1) is 14.4. The van der Waals surface area contributed by atoms with Gasteiger partial charge in [0.2, 0.25) is 0 Å². The fourth-order valence-corrected chi connectivity index (χ4v) is 1.89. The molecular formula is C12H21ClN4. The fourth-order valence-electron chi connectivity index (χ4n) is 1.64. The summed E-state index contributed by atoms with van der Waals surface area (Å²) in [5.41, 5.74) is 0.918. The summed E-state index contributed by atoms with van der Waals surface area (Å²) < 4.78 is 0. The van der Waals surface area contributed by atoms with Gasteiger partial charge in [-0.25, -0.2) is 9.97 Å². The Morgan fingerprint density at radius 3 is 2.47 bits per heavy atom. The lowest BCUT2D eigenvalue weighted by atomic mass is 10.3. The van der Waals surface area contributed by atoms with Crippen LogP contribution in [0.25, 0.3) is 0 Å². The lowest BCUT2D eigenvalue weighted by molar-refractivity contribution is 0.289. The standard InChI is InChI=1S/C12H21ClN4/c1-10-8-11(13)15-12(14-10)9-17(4)7-5-6-16(2)3/h8H,5-7,9H2,1-4H3. The molecule has 0 radical (unpaired) electrons. The topological polar surface area (TPSA) is 32.3 Å². The van der Waals surface area contributed by atoms with Gasteiger partial charge < -0.3 is 4.90 Å². The molecule has 17 heavy (non-hydrogen) atoms. The first-order valence-electron chi connectivity index (χ1n) is 5.80. The quantitative estimate of drug-likeness (QED) is 0.727. The van der Waals surface area contributed by atoms with E-state index < -0.39 is 0 Å². The van der Waals surface area contributed by atoms with Gasteiger partial charge in [0.25, 0.3) is 0 Å². The van der Waals surface area contributed by atoms with E-state index in [0.717, 1.165) is 37.6 Å². The molecule has 96 valence electrons. The van der Waals surface area contributed by atoms with Gasteiger partial charge in [-0.1, -0.05) is 11.6 Å². The molecule has 0 spiro atoms. The van der Waals surface area contributed by atoms with Crippen molar-refractivity contribution in [3.05, 3.63) is 22.7 Å². The van der Waals surface area contributed by atoms with Gasteiger partial charge in [-0.05, 0) is 53.6 Å². The van der Waals surface area contributed by atoms with E-state index in [1.807, 2.05) is 6.92 Å². The molecule has 0 atom stereocenters. The molecule has 0 unspecified atom stereocenters. The predicted octanol–water partition coefficient (Wildman–Crippen LogP) is 1.82. The molecule has 1 heterocycles. The van der Waals surface area contributed by atoms with E-state index in [0.29, 0.717) is 5.15 Å². The van der Waals surface area contributed by atoms with Gasteiger partial charge in [-0.15, -0.1) is 0 Å². The Morgan fingerprint density at radius 2 is 1.88 bits per heavy atom. The Bertz CT molecular complexity index is 334. The van der Waals surface area contributed by atoms with Crippen LogP contribution in [0, 0.1) is 6.92 Å². The molecular weight excluding hydrogens is 236 g/mol. The number of hydrogen-bond acceptors (Lipinski definition) is 4. The van der Waals surface area contributed by atoms with Crippen LogP contribution in [0.2, 0.25) is 5.15 Å². The molecule has 1 aromatic heterocycles. The van der Waals surface area contributed by atoms with E-state index in [-0.39, 0.29) is 0 Å². The maximum Gasteiger partial charge on any atom is 0.144 e. The second-order valence-electron chi connectivity index (χ2n) is 4.64. The van der Waals surface area contributed by atoms with Crippen LogP contribution in [0.3, 0.4) is 0 Å². The van der Waals surface area contributed by atoms with E-state index in [4.69, 9.17) is 11.6 Å². The molecule has 1 rings (SSSR count). The first-order chi connectivity index (χ1) is 7.97. The van der Waals surface area contributed by atoms with Crippen molar-refractivity contribution in [1.82, 2.24) is 19.8 Å². The van der Waals surface area contributed by atoms with Gasteiger partial charge in [0, 0.05) is 5.69 Å². The average Bonchev–Trinajstić information content (AvgIpc) is 2.14. The third kappa shape index (κ3) is 5.96. The molecule has 0 aliphatic heterocycles. The molecule has 0 amide bonds. The van der Waals surface area contributed by atoms with Gasteiger partial charge in [-0.3, -0.25) is 4.90 Å². The van der Waals surface area contributed by atoms with Crippen molar-refractivity contribution in [2.75, 3.05) is 34.2 Å². The van der Waals surface area contributed by atoms with Crippen molar-refractivity contribution in [3.8, 4) is 0 Å². The smallest absolute Gasteiger partial charge is 0.144 e. The van der Waals surface area contributed by atoms with Crippen LogP contribution in [0.1, 0.15) is 17.9 Å². The fraction of sp³-hybridized carbons (Fsp3) is 0.667. The minimum Gasteiger partial charge on any atom is -0.309 e. The molecule has 0 N–H and O–H groups in total. The largest absolute Gasteiger partial charge is 0.309 e. The Morgan fingerprint density at radius 1 is 1.18 bits per heavy atom. The van der Waals surface area contributed by atoms with Crippen LogP contribution in [-0.2, 0) is 6.54 Å². The number of aryl methyl sites for hydroxylation is 1. The summed E-state index contributed by atoms with van der Waals surface area (Å²) in [4.78, 5) is 13.0. The maximum absolute atomic E-state index is 5.90. The van der Waals surface area contributed by atoms with E-state index in [2.05, 4.69) is 40.9 Å². The summed E-state index contributed by atoms with van der Waals surface area (Å²) >= 11 is 5.90. The lowest BCUT2D eigenvalue weighted by Gasteiger charge is -2.17. The Balaban J connectivity index is 2.42. The molecule has 1 aromatic rings. The third-order valence-corrected chi connectivity index (χ3v) is 2.62. The average molecular weight is 257 g/mol. The van der Waals surface area contributed by atoms with Crippen LogP contribution in [0.5, 0.6) is 0 Å². The summed E-state index contributed by atoms with van der Waals surface area (Å²) in [6, 6.07) is 1.77. The molecule has 4 nitrogen and oxygen atoms in total. The lowest BCUT2D eigenvalue weighted by Crippen LogP contribution is -2.24. The van der Waals surface area contributed by atoms with Gasteiger partial charge in [0.15, 0.2) is 0 Å². The normalized spacial score (nSPS) is 11.5. The second kappa shape index (κ2) is 6.89. The highest BCUT2D eigenvalue weighted by atomic mass is 35.5. The first-order valence-corrected chi connectivity index (χ1v) is 6.18. The van der Waals surface area contributed by atoms with Crippen LogP contribution in [0.15, 0.2) is 6.07 Å². The van der Waals surface area contributed by atoms with E-state index >= 15 is 0 Å². The van der Waals surface area contributed by atoms with Gasteiger partial charge in [0.05, 0.1) is 6.54 Å². The molecule has 5 heteroatoms. The zero-order chi connectivity index (χ0) is 12.8. The van der Waals surface area contributed by atoms with Crippen LogP contribution in [0.4, 0.5) is 0 Å². The molecule has 0 aliphatic rings. The van der Waals surface area contributed by atoms with Crippen molar-refractivity contribution in [2.45, 2.75) is 19.9 Å². The summed E-state index contributed by atoms with van der Waals surface area (Å²) in [5.74, 6) is 0.794. The van der Waals surface area contributed by atoms with E-state index in [1.54, 1.807) is 6.07 Å². The molecule has 0 aliphatic carbocycles. The summed E-state index contributed by atoms with van der Waals surface area (Å²) in [6.45, 7) is 4.81. The number of hydrogen-bond donors (Lipinski definition) is 0. The van der Waals surface area contributed by atoms with Crippen molar-refractivity contribution in [3.63, 3.8) is 0 Å². The Labute approximate surface area is 109 Å². The SMILES string of the molecule is Cc1cc(Cl)nc(CN(C)CCCN(C)C)n1. The molecule has 0 fully saturated rings. The Hall–Kier alpha value is -0.710. The molecule has 0 aromatic carbocycles. The van der Waals surface area contributed by atoms with Crippen LogP contribution < -0.4 is 0 Å². The van der Waals surface area contributed by atoms with Gasteiger partial charge >= 0.3 is 0 Å². The maximum atomic E-state index is 5.90. The summed E-state index contributed by atoms with van der Waals surface area (Å²) in [7, 11) is 6.25. The number of nitrogens with zero attached hydrogens (tertiary/aromatic N) is 4. The highest BCUT2D eigenvalue weighted by molar-refractivity contribution is 6.29. The van der Waals surface area contributed by atoms with Crippen LogP contribution >= 0.6 is 11.6 Å². The number of rotatable bonds is 6.